The Hall–Kier alpha value is -2.00. The first-order valence-electron chi connectivity index (χ1n) is 7.07. The molecule has 0 radical (unpaired) electrons. The Kier molecular flexibility index (Phi) is 4.53. The molecular formula is C18H22O3. The largest absolute Gasteiger partial charge is 0.497 e. The van der Waals surface area contributed by atoms with Crippen molar-refractivity contribution in [3.05, 3.63) is 59.7 Å². The number of ether oxygens (including phenoxy) is 2. The minimum absolute atomic E-state index is 0.134. The maximum atomic E-state index is 10.9. The molecule has 0 bridgehead atoms. The molecule has 0 saturated carbocycles. The first kappa shape index (κ1) is 15.4. The molecule has 0 spiro atoms. The van der Waals surface area contributed by atoms with E-state index in [0.29, 0.717) is 0 Å². The SMILES string of the molecule is COc1cccc(C(C)(O)c2ccc(OC(C)C)cc2)c1. The van der Waals surface area contributed by atoms with Gasteiger partial charge in [-0.05, 0) is 56.2 Å². The second-order valence-corrected chi connectivity index (χ2v) is 5.50. The smallest absolute Gasteiger partial charge is 0.119 e. The molecule has 0 heterocycles. The maximum absolute atomic E-state index is 10.9. The molecular weight excluding hydrogens is 264 g/mol. The number of benzene rings is 2. The van der Waals surface area contributed by atoms with Crippen molar-refractivity contribution in [1.82, 2.24) is 0 Å². The van der Waals surface area contributed by atoms with E-state index < -0.39 is 5.60 Å². The molecule has 0 aliphatic carbocycles. The van der Waals surface area contributed by atoms with Crippen molar-refractivity contribution in [2.75, 3.05) is 7.11 Å². The summed E-state index contributed by atoms with van der Waals surface area (Å²) in [6.07, 6.45) is 0.134. The van der Waals surface area contributed by atoms with Gasteiger partial charge in [0, 0.05) is 0 Å². The van der Waals surface area contributed by atoms with Gasteiger partial charge in [0.15, 0.2) is 0 Å². The summed E-state index contributed by atoms with van der Waals surface area (Å²) in [5, 5.41) is 10.9. The average Bonchev–Trinajstić information content (AvgIpc) is 2.47. The van der Waals surface area contributed by atoms with Gasteiger partial charge in [-0.2, -0.15) is 0 Å². The van der Waals surface area contributed by atoms with Gasteiger partial charge < -0.3 is 14.6 Å². The van der Waals surface area contributed by atoms with Crippen LogP contribution in [0.15, 0.2) is 48.5 Å². The normalized spacial score (nSPS) is 13.8. The minimum Gasteiger partial charge on any atom is -0.497 e. The standard InChI is InChI=1S/C18H22O3/c1-13(2)21-16-10-8-14(9-11-16)18(3,19)15-6-5-7-17(12-15)20-4/h5-13,19H,1-4H3. The van der Waals surface area contributed by atoms with Gasteiger partial charge in [-0.25, -0.2) is 0 Å². The fourth-order valence-electron chi connectivity index (χ4n) is 2.22. The molecule has 0 aromatic heterocycles. The molecule has 3 heteroatoms. The molecule has 0 amide bonds. The highest BCUT2D eigenvalue weighted by molar-refractivity contribution is 5.41. The summed E-state index contributed by atoms with van der Waals surface area (Å²) in [6.45, 7) is 5.75. The average molecular weight is 286 g/mol. The third-order valence-electron chi connectivity index (χ3n) is 3.42. The highest BCUT2D eigenvalue weighted by Gasteiger charge is 2.26. The van der Waals surface area contributed by atoms with Crippen LogP contribution < -0.4 is 9.47 Å². The molecule has 1 unspecified atom stereocenters. The molecule has 0 fully saturated rings. The summed E-state index contributed by atoms with van der Waals surface area (Å²) in [5.41, 5.74) is 0.525. The van der Waals surface area contributed by atoms with E-state index in [9.17, 15) is 5.11 Å². The Labute approximate surface area is 126 Å². The molecule has 0 aliphatic heterocycles. The lowest BCUT2D eigenvalue weighted by Crippen LogP contribution is -2.22. The summed E-state index contributed by atoms with van der Waals surface area (Å²) in [5.74, 6) is 1.53. The van der Waals surface area contributed by atoms with Crippen molar-refractivity contribution in [2.24, 2.45) is 0 Å². The molecule has 0 saturated heterocycles. The van der Waals surface area contributed by atoms with Crippen molar-refractivity contribution >= 4 is 0 Å². The predicted octanol–water partition coefficient (Wildman–Crippen LogP) is 3.74. The van der Waals surface area contributed by atoms with Gasteiger partial charge in [0.25, 0.3) is 0 Å². The lowest BCUT2D eigenvalue weighted by Gasteiger charge is -2.25. The van der Waals surface area contributed by atoms with Gasteiger partial charge in [-0.1, -0.05) is 24.3 Å². The van der Waals surface area contributed by atoms with Crippen LogP contribution in [0.1, 0.15) is 31.9 Å². The van der Waals surface area contributed by atoms with Crippen molar-refractivity contribution in [3.63, 3.8) is 0 Å². The van der Waals surface area contributed by atoms with Gasteiger partial charge in [0.05, 0.1) is 13.2 Å². The van der Waals surface area contributed by atoms with Gasteiger partial charge in [-0.3, -0.25) is 0 Å². The molecule has 2 aromatic rings. The maximum Gasteiger partial charge on any atom is 0.119 e. The summed E-state index contributed by atoms with van der Waals surface area (Å²) in [4.78, 5) is 0. The van der Waals surface area contributed by atoms with E-state index in [2.05, 4.69) is 0 Å². The van der Waals surface area contributed by atoms with Crippen LogP contribution in [0.4, 0.5) is 0 Å². The third kappa shape index (κ3) is 3.56. The fourth-order valence-corrected chi connectivity index (χ4v) is 2.22. The Morgan fingerprint density at radius 2 is 1.62 bits per heavy atom. The summed E-state index contributed by atoms with van der Waals surface area (Å²) in [7, 11) is 1.62. The first-order chi connectivity index (χ1) is 9.93. The number of rotatable bonds is 5. The molecule has 21 heavy (non-hydrogen) atoms. The quantitative estimate of drug-likeness (QED) is 0.910. The lowest BCUT2D eigenvalue weighted by atomic mass is 9.88. The van der Waals surface area contributed by atoms with Crippen LogP contribution in [0.5, 0.6) is 11.5 Å². The summed E-state index contributed by atoms with van der Waals surface area (Å²) < 4.78 is 10.8. The van der Waals surface area contributed by atoms with Crippen LogP contribution in [0.2, 0.25) is 0 Å². The lowest BCUT2D eigenvalue weighted by molar-refractivity contribution is 0.102. The second-order valence-electron chi connectivity index (χ2n) is 5.50. The van der Waals surface area contributed by atoms with Gasteiger partial charge in [0.2, 0.25) is 0 Å². The van der Waals surface area contributed by atoms with Crippen LogP contribution in [-0.2, 0) is 5.60 Å². The van der Waals surface area contributed by atoms with E-state index >= 15 is 0 Å². The van der Waals surface area contributed by atoms with Crippen LogP contribution in [0.3, 0.4) is 0 Å². The fraction of sp³-hybridized carbons (Fsp3) is 0.333. The van der Waals surface area contributed by atoms with E-state index in [-0.39, 0.29) is 6.10 Å². The molecule has 2 rings (SSSR count). The Morgan fingerprint density at radius 3 is 2.19 bits per heavy atom. The van der Waals surface area contributed by atoms with Crippen molar-refractivity contribution in [2.45, 2.75) is 32.5 Å². The number of aliphatic hydroxyl groups is 1. The van der Waals surface area contributed by atoms with Crippen molar-refractivity contribution < 1.29 is 14.6 Å². The van der Waals surface area contributed by atoms with E-state index in [1.807, 2.05) is 62.4 Å². The highest BCUT2D eigenvalue weighted by Crippen LogP contribution is 2.32. The van der Waals surface area contributed by atoms with Crippen LogP contribution in [0, 0.1) is 0 Å². The molecule has 1 N–H and O–H groups in total. The number of methoxy groups -OCH3 is 1. The van der Waals surface area contributed by atoms with Crippen LogP contribution in [-0.4, -0.2) is 18.3 Å². The van der Waals surface area contributed by atoms with E-state index in [1.54, 1.807) is 14.0 Å². The minimum atomic E-state index is -1.08. The Bertz CT molecular complexity index is 586. The highest BCUT2D eigenvalue weighted by atomic mass is 16.5. The van der Waals surface area contributed by atoms with E-state index in [4.69, 9.17) is 9.47 Å². The van der Waals surface area contributed by atoms with Crippen LogP contribution >= 0.6 is 0 Å². The van der Waals surface area contributed by atoms with Crippen molar-refractivity contribution in [1.29, 1.82) is 0 Å². The van der Waals surface area contributed by atoms with Gasteiger partial charge in [0.1, 0.15) is 17.1 Å². The zero-order valence-corrected chi connectivity index (χ0v) is 13.0. The Morgan fingerprint density at radius 1 is 0.952 bits per heavy atom. The zero-order chi connectivity index (χ0) is 15.5. The monoisotopic (exact) mass is 286 g/mol. The summed E-state index contributed by atoms with van der Waals surface area (Å²) >= 11 is 0. The molecule has 3 nitrogen and oxygen atoms in total. The van der Waals surface area contributed by atoms with E-state index in [1.165, 1.54) is 0 Å². The summed E-state index contributed by atoms with van der Waals surface area (Å²) in [6, 6.07) is 15.0. The molecule has 1 atom stereocenters. The first-order valence-corrected chi connectivity index (χ1v) is 7.07. The molecule has 112 valence electrons. The topological polar surface area (TPSA) is 38.7 Å². The predicted molar refractivity (Wildman–Crippen MR) is 83.9 cm³/mol. The van der Waals surface area contributed by atoms with Gasteiger partial charge in [-0.15, -0.1) is 0 Å². The zero-order valence-electron chi connectivity index (χ0n) is 13.0. The van der Waals surface area contributed by atoms with E-state index in [0.717, 1.165) is 22.6 Å². The second kappa shape index (κ2) is 6.19. The Balaban J connectivity index is 2.29. The molecule has 0 aliphatic rings. The van der Waals surface area contributed by atoms with Crippen LogP contribution in [0.25, 0.3) is 0 Å². The third-order valence-corrected chi connectivity index (χ3v) is 3.42. The molecule has 2 aromatic carbocycles. The number of hydrogen-bond acceptors (Lipinski definition) is 3. The number of hydrogen-bond donors (Lipinski definition) is 1. The van der Waals surface area contributed by atoms with Crippen molar-refractivity contribution in [3.8, 4) is 11.5 Å². The van der Waals surface area contributed by atoms with Gasteiger partial charge >= 0.3 is 0 Å².